The third kappa shape index (κ3) is 2.99. The lowest BCUT2D eigenvalue weighted by molar-refractivity contribution is -0.646. The minimum absolute atomic E-state index is 0.0827. The predicted molar refractivity (Wildman–Crippen MR) is 126 cm³/mol. The van der Waals surface area contributed by atoms with Gasteiger partial charge in [0.05, 0.1) is 5.69 Å². The highest BCUT2D eigenvalue weighted by molar-refractivity contribution is 8.08. The Bertz CT molecular complexity index is 1470. The molecule has 0 radical (unpaired) electrons. The van der Waals surface area contributed by atoms with E-state index in [-0.39, 0.29) is 5.56 Å². The summed E-state index contributed by atoms with van der Waals surface area (Å²) in [7, 11) is 4.11. The van der Waals surface area contributed by atoms with Crippen molar-refractivity contribution in [3.05, 3.63) is 85.9 Å². The average molecular weight is 433 g/mol. The summed E-state index contributed by atoms with van der Waals surface area (Å²) in [6.45, 7) is 2.67. The molecule has 0 saturated carbocycles. The van der Waals surface area contributed by atoms with E-state index in [2.05, 4.69) is 71.1 Å². The van der Waals surface area contributed by atoms with Crippen molar-refractivity contribution in [3.63, 3.8) is 0 Å². The molecule has 0 unspecified atom stereocenters. The maximum atomic E-state index is 13.3. The van der Waals surface area contributed by atoms with Crippen molar-refractivity contribution in [2.75, 3.05) is 11.9 Å². The molecular formula is C24H22N3OS2+. The number of hydrogen-bond donors (Lipinski definition) is 0. The zero-order valence-electron chi connectivity index (χ0n) is 17.1. The number of aryl methyl sites for hydroxylation is 1. The molecule has 0 fully saturated rings. The number of nitrogens with zero attached hydrogens (tertiary/aromatic N) is 3. The number of anilines is 1. The van der Waals surface area contributed by atoms with Crippen LogP contribution in [-0.2, 0) is 13.6 Å². The van der Waals surface area contributed by atoms with Gasteiger partial charge in [0.25, 0.3) is 5.56 Å². The fourth-order valence-electron chi connectivity index (χ4n) is 3.90. The summed E-state index contributed by atoms with van der Waals surface area (Å²) in [5.74, 6) is 0. The molecule has 30 heavy (non-hydrogen) atoms. The number of fused-ring (bicyclic) bond motifs is 2. The van der Waals surface area contributed by atoms with Gasteiger partial charge in [-0.2, -0.15) is 4.57 Å². The Balaban J connectivity index is 1.73. The highest BCUT2D eigenvalue weighted by atomic mass is 32.2. The Labute approximate surface area is 183 Å². The predicted octanol–water partition coefficient (Wildman–Crippen LogP) is 3.04. The monoisotopic (exact) mass is 432 g/mol. The van der Waals surface area contributed by atoms with E-state index in [1.807, 2.05) is 30.7 Å². The van der Waals surface area contributed by atoms with Crippen LogP contribution in [0, 0.1) is 0 Å². The van der Waals surface area contributed by atoms with Gasteiger partial charge in [-0.15, -0.1) is 11.3 Å². The number of aromatic nitrogens is 2. The van der Waals surface area contributed by atoms with Crippen LogP contribution in [0.3, 0.4) is 0 Å². The van der Waals surface area contributed by atoms with Crippen molar-refractivity contribution < 1.29 is 4.57 Å². The Hall–Kier alpha value is -2.83. The molecule has 0 spiro atoms. The van der Waals surface area contributed by atoms with Crippen molar-refractivity contribution in [1.82, 2.24) is 4.57 Å². The first-order valence-electron chi connectivity index (χ1n) is 9.92. The molecule has 0 aliphatic carbocycles. The second kappa shape index (κ2) is 7.45. The molecule has 0 amide bonds. The van der Waals surface area contributed by atoms with Gasteiger partial charge in [-0.25, -0.2) is 0 Å². The third-order valence-electron chi connectivity index (χ3n) is 5.55. The molecule has 0 bridgehead atoms. The minimum Gasteiger partial charge on any atom is -0.337 e. The van der Waals surface area contributed by atoms with E-state index >= 15 is 0 Å². The number of rotatable bonds is 2. The molecule has 2 aromatic heterocycles. The van der Waals surface area contributed by atoms with Crippen molar-refractivity contribution in [3.8, 4) is 0 Å². The topological polar surface area (TPSA) is 29.1 Å². The fraction of sp³-hybridized carbons (Fsp3) is 0.167. The fourth-order valence-corrected chi connectivity index (χ4v) is 6.36. The van der Waals surface area contributed by atoms with Gasteiger partial charge in [0.2, 0.25) is 11.2 Å². The van der Waals surface area contributed by atoms with Crippen LogP contribution in [0.25, 0.3) is 22.0 Å². The molecule has 1 aliphatic heterocycles. The largest absolute Gasteiger partial charge is 0.337 e. The van der Waals surface area contributed by atoms with Crippen LogP contribution >= 0.6 is 23.1 Å². The number of thiazole rings is 1. The second-order valence-corrected chi connectivity index (χ2v) is 9.33. The Kier molecular flexibility index (Phi) is 4.76. The first kappa shape index (κ1) is 19.2. The number of thioether (sulfide) groups is 1. The molecule has 2 aromatic carbocycles. The van der Waals surface area contributed by atoms with Crippen LogP contribution in [0.4, 0.5) is 5.69 Å². The molecule has 6 heteroatoms. The van der Waals surface area contributed by atoms with Gasteiger partial charge in [0, 0.05) is 42.1 Å². The van der Waals surface area contributed by atoms with Crippen molar-refractivity contribution in [1.29, 1.82) is 0 Å². The van der Waals surface area contributed by atoms with Gasteiger partial charge in [-0.05, 0) is 31.2 Å². The van der Waals surface area contributed by atoms with Crippen LogP contribution in [0.5, 0.6) is 0 Å². The maximum Gasteiger partial charge on any atom is 0.271 e. The molecule has 1 aliphatic rings. The number of pyridine rings is 1. The highest BCUT2D eigenvalue weighted by Crippen LogP contribution is 2.44. The summed E-state index contributed by atoms with van der Waals surface area (Å²) in [4.78, 5) is 16.6. The molecule has 5 rings (SSSR count). The smallest absolute Gasteiger partial charge is 0.271 e. The van der Waals surface area contributed by atoms with Crippen LogP contribution in [-0.4, -0.2) is 11.6 Å². The molecular weight excluding hydrogens is 410 g/mol. The van der Waals surface area contributed by atoms with E-state index in [1.54, 1.807) is 23.1 Å². The van der Waals surface area contributed by atoms with Crippen LogP contribution < -0.4 is 24.2 Å². The molecule has 0 saturated heterocycles. The maximum absolute atomic E-state index is 13.3. The SMILES string of the molecule is CCn1c(=O)/c(=C2\Sc3ccccc3N2C)s/c1=C\c1ccc2ccccc2[n+]1C. The summed E-state index contributed by atoms with van der Waals surface area (Å²) in [5, 5.41) is 2.21. The van der Waals surface area contributed by atoms with Gasteiger partial charge in [-0.3, -0.25) is 9.36 Å². The number of benzene rings is 2. The van der Waals surface area contributed by atoms with Crippen LogP contribution in [0.15, 0.2) is 70.4 Å². The standard InChI is InChI=1S/C24H22N3OS2/c1-4-27-21(15-17-14-13-16-9-5-6-10-18(16)25(17)2)30-22(23(27)28)24-26(3)19-11-7-8-12-20(19)29-24/h5-15H,4H2,1-3H3/q+1/b24-22+. The average Bonchev–Trinajstić information content (AvgIpc) is 3.26. The number of para-hydroxylation sites is 2. The second-order valence-electron chi connectivity index (χ2n) is 7.27. The summed E-state index contributed by atoms with van der Waals surface area (Å²) in [6, 6.07) is 20.9. The highest BCUT2D eigenvalue weighted by Gasteiger charge is 2.24. The summed E-state index contributed by atoms with van der Waals surface area (Å²) in [6.07, 6.45) is 2.12. The van der Waals surface area contributed by atoms with E-state index in [0.717, 1.165) is 25.6 Å². The summed E-state index contributed by atoms with van der Waals surface area (Å²) < 4.78 is 5.83. The van der Waals surface area contributed by atoms with Crippen LogP contribution in [0.1, 0.15) is 12.6 Å². The molecule has 0 N–H and O–H groups in total. The van der Waals surface area contributed by atoms with Crippen LogP contribution in [0.2, 0.25) is 0 Å². The van der Waals surface area contributed by atoms with Crippen molar-refractivity contribution in [2.45, 2.75) is 18.4 Å². The lowest BCUT2D eigenvalue weighted by Gasteiger charge is -2.11. The molecule has 4 aromatic rings. The van der Waals surface area contributed by atoms with Crippen molar-refractivity contribution in [2.24, 2.45) is 7.05 Å². The Morgan fingerprint density at radius 3 is 2.60 bits per heavy atom. The molecule has 3 heterocycles. The van der Waals surface area contributed by atoms with Gasteiger partial charge in [-0.1, -0.05) is 36.0 Å². The van der Waals surface area contributed by atoms with E-state index in [0.29, 0.717) is 6.54 Å². The summed E-state index contributed by atoms with van der Waals surface area (Å²) in [5.41, 5.74) is 3.48. The quantitative estimate of drug-likeness (QED) is 0.456. The van der Waals surface area contributed by atoms with Gasteiger partial charge >= 0.3 is 0 Å². The first-order chi connectivity index (χ1) is 14.6. The van der Waals surface area contributed by atoms with E-state index < -0.39 is 0 Å². The number of hydrogen-bond acceptors (Lipinski definition) is 4. The van der Waals surface area contributed by atoms with E-state index in [9.17, 15) is 4.79 Å². The first-order valence-corrected chi connectivity index (χ1v) is 11.6. The lowest BCUT2D eigenvalue weighted by atomic mass is 10.2. The van der Waals surface area contributed by atoms with Gasteiger partial charge < -0.3 is 4.90 Å². The summed E-state index contributed by atoms with van der Waals surface area (Å²) >= 11 is 3.25. The molecule has 4 nitrogen and oxygen atoms in total. The van der Waals surface area contributed by atoms with E-state index in [4.69, 9.17) is 0 Å². The zero-order chi connectivity index (χ0) is 20.8. The Morgan fingerprint density at radius 1 is 1.03 bits per heavy atom. The van der Waals surface area contributed by atoms with Crippen molar-refractivity contribution >= 4 is 50.8 Å². The Morgan fingerprint density at radius 2 is 1.80 bits per heavy atom. The minimum atomic E-state index is 0.0827. The normalized spacial score (nSPS) is 15.8. The lowest BCUT2D eigenvalue weighted by Crippen LogP contribution is -2.35. The van der Waals surface area contributed by atoms with E-state index in [1.165, 1.54) is 15.8 Å². The molecule has 0 atom stereocenters. The zero-order valence-corrected chi connectivity index (χ0v) is 18.8. The third-order valence-corrected chi connectivity index (χ3v) is 8.04. The van der Waals surface area contributed by atoms with Gasteiger partial charge in [0.15, 0.2) is 0 Å². The molecule has 150 valence electrons. The van der Waals surface area contributed by atoms with Gasteiger partial charge in [0.1, 0.15) is 21.3 Å².